The lowest BCUT2D eigenvalue weighted by molar-refractivity contribution is 0.730. The number of aromatic nitrogens is 2. The molecule has 0 aliphatic heterocycles. The predicted octanol–water partition coefficient (Wildman–Crippen LogP) is 3.77. The first-order chi connectivity index (χ1) is 8.99. The standard InChI is InChI=1S/C16H23N3/c1-11(2)14-6-8-15(9-7-14)17-10-16-12(3)18-19(5)13(16)4/h6-9,11,17H,10H2,1-5H3. The quantitative estimate of drug-likeness (QED) is 0.903. The number of hydrogen-bond donors (Lipinski definition) is 1. The van der Waals surface area contributed by atoms with Crippen LogP contribution in [-0.4, -0.2) is 9.78 Å². The molecule has 1 N–H and O–H groups in total. The van der Waals surface area contributed by atoms with Gasteiger partial charge in [0.1, 0.15) is 0 Å². The molecule has 3 nitrogen and oxygen atoms in total. The Kier molecular flexibility index (Phi) is 3.93. The maximum atomic E-state index is 4.44. The summed E-state index contributed by atoms with van der Waals surface area (Å²) in [7, 11) is 1.99. The van der Waals surface area contributed by atoms with Gasteiger partial charge in [-0.05, 0) is 37.5 Å². The van der Waals surface area contributed by atoms with Crippen LogP contribution in [0.15, 0.2) is 24.3 Å². The Bertz CT molecular complexity index is 550. The normalized spacial score (nSPS) is 11.1. The Balaban J connectivity index is 2.06. The smallest absolute Gasteiger partial charge is 0.0646 e. The van der Waals surface area contributed by atoms with Crippen molar-refractivity contribution < 1.29 is 0 Å². The third kappa shape index (κ3) is 2.98. The van der Waals surface area contributed by atoms with Gasteiger partial charge < -0.3 is 5.32 Å². The van der Waals surface area contributed by atoms with Gasteiger partial charge in [0, 0.05) is 30.5 Å². The van der Waals surface area contributed by atoms with Crippen LogP contribution in [0, 0.1) is 13.8 Å². The van der Waals surface area contributed by atoms with Crippen LogP contribution in [0.25, 0.3) is 0 Å². The Morgan fingerprint density at radius 2 is 1.79 bits per heavy atom. The summed E-state index contributed by atoms with van der Waals surface area (Å²) in [5.74, 6) is 0.580. The van der Waals surface area contributed by atoms with E-state index in [1.807, 2.05) is 11.7 Å². The summed E-state index contributed by atoms with van der Waals surface area (Å²) in [5, 5.41) is 7.91. The van der Waals surface area contributed by atoms with E-state index in [0.29, 0.717) is 5.92 Å². The lowest BCUT2D eigenvalue weighted by atomic mass is 10.0. The van der Waals surface area contributed by atoms with Gasteiger partial charge in [-0.1, -0.05) is 26.0 Å². The fraction of sp³-hybridized carbons (Fsp3) is 0.438. The monoisotopic (exact) mass is 257 g/mol. The molecule has 0 spiro atoms. The van der Waals surface area contributed by atoms with Gasteiger partial charge in [-0.3, -0.25) is 4.68 Å². The van der Waals surface area contributed by atoms with Crippen LogP contribution in [0.1, 0.15) is 42.3 Å². The van der Waals surface area contributed by atoms with Crippen molar-refractivity contribution in [3.05, 3.63) is 46.8 Å². The third-order valence-electron chi connectivity index (χ3n) is 3.71. The van der Waals surface area contributed by atoms with Crippen molar-refractivity contribution in [1.29, 1.82) is 0 Å². The second kappa shape index (κ2) is 5.47. The van der Waals surface area contributed by atoms with Gasteiger partial charge >= 0.3 is 0 Å². The zero-order chi connectivity index (χ0) is 14.0. The highest BCUT2D eigenvalue weighted by Gasteiger charge is 2.08. The van der Waals surface area contributed by atoms with Crippen LogP contribution >= 0.6 is 0 Å². The van der Waals surface area contributed by atoms with E-state index in [0.717, 1.165) is 17.9 Å². The van der Waals surface area contributed by atoms with Gasteiger partial charge in [0.05, 0.1) is 5.69 Å². The predicted molar refractivity (Wildman–Crippen MR) is 80.5 cm³/mol. The first-order valence-corrected chi connectivity index (χ1v) is 6.82. The average molecular weight is 257 g/mol. The molecule has 2 rings (SSSR count). The van der Waals surface area contributed by atoms with Crippen LogP contribution in [0.3, 0.4) is 0 Å². The molecule has 0 saturated heterocycles. The van der Waals surface area contributed by atoms with Crippen LogP contribution in [0.4, 0.5) is 5.69 Å². The summed E-state index contributed by atoms with van der Waals surface area (Å²) >= 11 is 0. The Labute approximate surface area is 115 Å². The van der Waals surface area contributed by atoms with Crippen molar-refractivity contribution in [2.75, 3.05) is 5.32 Å². The molecule has 0 unspecified atom stereocenters. The lowest BCUT2D eigenvalue weighted by Gasteiger charge is -2.09. The van der Waals surface area contributed by atoms with Crippen LogP contribution < -0.4 is 5.32 Å². The maximum absolute atomic E-state index is 4.44. The third-order valence-corrected chi connectivity index (χ3v) is 3.71. The van der Waals surface area contributed by atoms with E-state index in [4.69, 9.17) is 0 Å². The summed E-state index contributed by atoms with van der Waals surface area (Å²) in [5.41, 5.74) is 6.15. The number of rotatable bonds is 4. The van der Waals surface area contributed by atoms with Crippen molar-refractivity contribution in [1.82, 2.24) is 9.78 Å². The maximum Gasteiger partial charge on any atom is 0.0646 e. The highest BCUT2D eigenvalue weighted by Crippen LogP contribution is 2.19. The highest BCUT2D eigenvalue weighted by molar-refractivity contribution is 5.46. The van der Waals surface area contributed by atoms with Gasteiger partial charge in [-0.25, -0.2) is 0 Å². The van der Waals surface area contributed by atoms with E-state index in [1.54, 1.807) is 0 Å². The summed E-state index contributed by atoms with van der Waals surface area (Å²) in [6, 6.07) is 8.68. The zero-order valence-corrected chi connectivity index (χ0v) is 12.5. The van der Waals surface area contributed by atoms with Crippen molar-refractivity contribution in [2.24, 2.45) is 7.05 Å². The molecule has 0 radical (unpaired) electrons. The van der Waals surface area contributed by atoms with E-state index in [1.165, 1.54) is 16.8 Å². The van der Waals surface area contributed by atoms with Crippen molar-refractivity contribution >= 4 is 5.69 Å². The second-order valence-electron chi connectivity index (χ2n) is 5.40. The van der Waals surface area contributed by atoms with Gasteiger partial charge in [0.2, 0.25) is 0 Å². The van der Waals surface area contributed by atoms with Crippen LogP contribution in [0.2, 0.25) is 0 Å². The fourth-order valence-corrected chi connectivity index (χ4v) is 2.25. The minimum Gasteiger partial charge on any atom is -0.381 e. The topological polar surface area (TPSA) is 29.9 Å². The second-order valence-corrected chi connectivity index (χ2v) is 5.40. The molecule has 19 heavy (non-hydrogen) atoms. The molecule has 1 aromatic heterocycles. The molecule has 0 aliphatic carbocycles. The number of benzene rings is 1. The zero-order valence-electron chi connectivity index (χ0n) is 12.5. The van der Waals surface area contributed by atoms with E-state index >= 15 is 0 Å². The Morgan fingerprint density at radius 1 is 1.16 bits per heavy atom. The van der Waals surface area contributed by atoms with Crippen molar-refractivity contribution in [3.8, 4) is 0 Å². The minimum atomic E-state index is 0.580. The number of nitrogens with zero attached hydrogens (tertiary/aromatic N) is 2. The van der Waals surface area contributed by atoms with E-state index < -0.39 is 0 Å². The molecule has 0 fully saturated rings. The number of aryl methyl sites for hydroxylation is 2. The SMILES string of the molecule is Cc1nn(C)c(C)c1CNc1ccc(C(C)C)cc1. The lowest BCUT2D eigenvalue weighted by Crippen LogP contribution is -2.02. The van der Waals surface area contributed by atoms with E-state index in [2.05, 4.69) is 62.4 Å². The molecule has 0 atom stereocenters. The van der Waals surface area contributed by atoms with Crippen LogP contribution in [-0.2, 0) is 13.6 Å². The Morgan fingerprint density at radius 3 is 2.26 bits per heavy atom. The van der Waals surface area contributed by atoms with Crippen LogP contribution in [0.5, 0.6) is 0 Å². The molecule has 102 valence electrons. The first kappa shape index (κ1) is 13.7. The summed E-state index contributed by atoms with van der Waals surface area (Å²) < 4.78 is 1.94. The minimum absolute atomic E-state index is 0.580. The van der Waals surface area contributed by atoms with Gasteiger partial charge in [-0.15, -0.1) is 0 Å². The molecule has 0 amide bonds. The fourth-order valence-electron chi connectivity index (χ4n) is 2.25. The molecule has 3 heteroatoms. The van der Waals surface area contributed by atoms with E-state index in [-0.39, 0.29) is 0 Å². The molecule has 1 heterocycles. The summed E-state index contributed by atoms with van der Waals surface area (Å²) in [6.45, 7) is 9.42. The number of anilines is 1. The molecule has 0 saturated carbocycles. The molecular weight excluding hydrogens is 234 g/mol. The largest absolute Gasteiger partial charge is 0.381 e. The molecule has 2 aromatic rings. The van der Waals surface area contributed by atoms with Crippen molar-refractivity contribution in [3.63, 3.8) is 0 Å². The van der Waals surface area contributed by atoms with Gasteiger partial charge in [0.15, 0.2) is 0 Å². The molecule has 0 bridgehead atoms. The number of nitrogens with one attached hydrogen (secondary N) is 1. The highest BCUT2D eigenvalue weighted by atomic mass is 15.3. The summed E-state index contributed by atoms with van der Waals surface area (Å²) in [4.78, 5) is 0. The molecular formula is C16H23N3. The van der Waals surface area contributed by atoms with E-state index in [9.17, 15) is 0 Å². The first-order valence-electron chi connectivity index (χ1n) is 6.82. The molecule has 0 aliphatic rings. The van der Waals surface area contributed by atoms with Gasteiger partial charge in [-0.2, -0.15) is 5.10 Å². The van der Waals surface area contributed by atoms with Crippen molar-refractivity contribution in [2.45, 2.75) is 40.2 Å². The van der Waals surface area contributed by atoms with Gasteiger partial charge in [0.25, 0.3) is 0 Å². The summed E-state index contributed by atoms with van der Waals surface area (Å²) in [6.07, 6.45) is 0. The average Bonchev–Trinajstić information content (AvgIpc) is 2.62. The number of hydrogen-bond acceptors (Lipinski definition) is 2. The molecule has 1 aromatic carbocycles. The Hall–Kier alpha value is -1.77.